The van der Waals surface area contributed by atoms with E-state index in [0.717, 1.165) is 18.5 Å². The first kappa shape index (κ1) is 15.0. The van der Waals surface area contributed by atoms with Crippen LogP contribution in [0.25, 0.3) is 0 Å². The maximum absolute atomic E-state index is 9.72. The monoisotopic (exact) mass is 272 g/mol. The maximum atomic E-state index is 9.72. The van der Waals surface area contributed by atoms with Gasteiger partial charge in [-0.1, -0.05) is 37.3 Å². The Labute approximate surface area is 121 Å². The lowest BCUT2D eigenvalue weighted by atomic mass is 9.88. The van der Waals surface area contributed by atoms with Gasteiger partial charge in [-0.3, -0.25) is 5.32 Å². The number of ether oxygens (including phenoxy) is 1. The molecule has 0 radical (unpaired) electrons. The topological polar surface area (TPSA) is 45.0 Å². The van der Waals surface area contributed by atoms with Crippen molar-refractivity contribution in [2.45, 2.75) is 50.7 Å². The van der Waals surface area contributed by atoms with Gasteiger partial charge >= 0.3 is 0 Å². The molecule has 0 aromatic heterocycles. The summed E-state index contributed by atoms with van der Waals surface area (Å²) in [6.07, 6.45) is 5.76. The molecule has 0 spiro atoms. The van der Waals surface area contributed by atoms with Crippen LogP contribution in [0.1, 0.15) is 44.6 Å². The number of nitrogens with zero attached hydrogens (tertiary/aromatic N) is 1. The van der Waals surface area contributed by atoms with Crippen LogP contribution in [0.2, 0.25) is 0 Å². The molecule has 1 N–H and O–H groups in total. The molecule has 1 unspecified atom stereocenters. The molecule has 0 bridgehead atoms. The van der Waals surface area contributed by atoms with E-state index in [2.05, 4.69) is 18.3 Å². The van der Waals surface area contributed by atoms with Gasteiger partial charge in [0.05, 0.1) is 18.8 Å². The van der Waals surface area contributed by atoms with Crippen LogP contribution in [-0.4, -0.2) is 19.3 Å². The molecule has 1 saturated carbocycles. The largest absolute Gasteiger partial charge is 0.378 e. The minimum absolute atomic E-state index is 0.424. The van der Waals surface area contributed by atoms with Crippen LogP contribution in [0.4, 0.5) is 0 Å². The molecule has 1 atom stereocenters. The molecule has 1 aromatic rings. The van der Waals surface area contributed by atoms with Crippen molar-refractivity contribution in [3.8, 4) is 6.07 Å². The molecule has 0 saturated heterocycles. The Morgan fingerprint density at radius 2 is 2.10 bits per heavy atom. The zero-order valence-corrected chi connectivity index (χ0v) is 12.3. The van der Waals surface area contributed by atoms with E-state index < -0.39 is 5.54 Å². The van der Waals surface area contributed by atoms with Crippen molar-refractivity contribution in [3.63, 3.8) is 0 Å². The molecule has 1 fully saturated rings. The third-order valence-corrected chi connectivity index (χ3v) is 4.02. The number of nitriles is 1. The lowest BCUT2D eigenvalue weighted by Gasteiger charge is -2.31. The van der Waals surface area contributed by atoms with Crippen LogP contribution in [0, 0.1) is 11.3 Å². The van der Waals surface area contributed by atoms with Crippen molar-refractivity contribution in [2.75, 3.05) is 13.2 Å². The number of hydrogen-bond donors (Lipinski definition) is 1. The summed E-state index contributed by atoms with van der Waals surface area (Å²) in [4.78, 5) is 0. The number of rotatable bonds is 8. The Hall–Kier alpha value is -1.37. The fraction of sp³-hybridized carbons (Fsp3) is 0.588. The second-order valence-electron chi connectivity index (χ2n) is 5.48. The summed E-state index contributed by atoms with van der Waals surface area (Å²) in [6, 6.07) is 12.5. The van der Waals surface area contributed by atoms with E-state index in [-0.39, 0.29) is 0 Å². The van der Waals surface area contributed by atoms with Crippen LogP contribution in [0.5, 0.6) is 0 Å². The second kappa shape index (κ2) is 7.42. The van der Waals surface area contributed by atoms with Crippen LogP contribution >= 0.6 is 0 Å². The zero-order chi connectivity index (χ0) is 14.3. The minimum Gasteiger partial charge on any atom is -0.378 e. The minimum atomic E-state index is -0.624. The first-order valence-corrected chi connectivity index (χ1v) is 7.64. The molecule has 2 rings (SSSR count). The van der Waals surface area contributed by atoms with Crippen molar-refractivity contribution in [3.05, 3.63) is 35.9 Å². The number of benzene rings is 1. The van der Waals surface area contributed by atoms with Gasteiger partial charge in [0.1, 0.15) is 5.54 Å². The predicted octanol–water partition coefficient (Wildman–Crippen LogP) is 3.36. The van der Waals surface area contributed by atoms with E-state index in [1.54, 1.807) is 0 Å². The summed E-state index contributed by atoms with van der Waals surface area (Å²) in [6.45, 7) is 3.60. The van der Waals surface area contributed by atoms with Gasteiger partial charge in [0, 0.05) is 6.42 Å². The molecule has 3 heteroatoms. The molecule has 0 heterocycles. The Morgan fingerprint density at radius 3 is 2.65 bits per heavy atom. The van der Waals surface area contributed by atoms with Crippen molar-refractivity contribution in [1.82, 2.24) is 5.32 Å². The maximum Gasteiger partial charge on any atom is 0.134 e. The lowest BCUT2D eigenvalue weighted by molar-refractivity contribution is -0.00504. The smallest absolute Gasteiger partial charge is 0.134 e. The normalized spacial score (nSPS) is 18.0. The third kappa shape index (κ3) is 3.59. The van der Waals surface area contributed by atoms with Gasteiger partial charge in [-0.2, -0.15) is 5.26 Å². The van der Waals surface area contributed by atoms with E-state index in [1.807, 2.05) is 30.3 Å². The summed E-state index contributed by atoms with van der Waals surface area (Å²) < 4.78 is 5.85. The molecule has 0 aliphatic heterocycles. The molecular formula is C17H24N2O. The van der Waals surface area contributed by atoms with Gasteiger partial charge in [-0.05, 0) is 37.8 Å². The van der Waals surface area contributed by atoms with Crippen molar-refractivity contribution < 1.29 is 4.74 Å². The fourth-order valence-electron chi connectivity index (χ4n) is 2.47. The molecule has 1 aromatic carbocycles. The van der Waals surface area contributed by atoms with Gasteiger partial charge in [0.2, 0.25) is 0 Å². The highest BCUT2D eigenvalue weighted by Gasteiger charge is 2.31. The standard InChI is InChI=1S/C17H24N2O/c1-2-12-19-17(14-18,15-7-4-3-5-8-15)11-13-20-16-9-6-10-16/h3-5,7-8,16,19H,2,6,9-13H2,1H3. The van der Waals surface area contributed by atoms with E-state index in [9.17, 15) is 5.26 Å². The molecule has 3 nitrogen and oxygen atoms in total. The average Bonchev–Trinajstić information content (AvgIpc) is 2.46. The Balaban J connectivity index is 2.03. The molecule has 108 valence electrons. The van der Waals surface area contributed by atoms with Gasteiger partial charge in [0.15, 0.2) is 0 Å². The zero-order valence-electron chi connectivity index (χ0n) is 12.3. The third-order valence-electron chi connectivity index (χ3n) is 4.02. The summed E-state index contributed by atoms with van der Waals surface area (Å²) in [5, 5.41) is 13.1. The first-order valence-electron chi connectivity index (χ1n) is 7.64. The number of nitrogens with one attached hydrogen (secondary N) is 1. The molecule has 0 amide bonds. The molecule has 1 aliphatic rings. The van der Waals surface area contributed by atoms with Gasteiger partial charge in [-0.25, -0.2) is 0 Å². The van der Waals surface area contributed by atoms with Crippen LogP contribution in [0.15, 0.2) is 30.3 Å². The quantitative estimate of drug-likeness (QED) is 0.789. The Morgan fingerprint density at radius 1 is 1.35 bits per heavy atom. The van der Waals surface area contributed by atoms with Gasteiger partial charge in [0.25, 0.3) is 0 Å². The van der Waals surface area contributed by atoms with Crippen LogP contribution < -0.4 is 5.32 Å². The lowest BCUT2D eigenvalue weighted by Crippen LogP contribution is -2.43. The van der Waals surface area contributed by atoms with E-state index >= 15 is 0 Å². The predicted molar refractivity (Wildman–Crippen MR) is 80.2 cm³/mol. The summed E-state index contributed by atoms with van der Waals surface area (Å²) in [5.74, 6) is 0. The van der Waals surface area contributed by atoms with E-state index in [0.29, 0.717) is 19.1 Å². The second-order valence-corrected chi connectivity index (χ2v) is 5.48. The first-order chi connectivity index (χ1) is 9.80. The van der Waals surface area contributed by atoms with Crippen molar-refractivity contribution >= 4 is 0 Å². The summed E-state index contributed by atoms with van der Waals surface area (Å²) >= 11 is 0. The summed E-state index contributed by atoms with van der Waals surface area (Å²) in [5.41, 5.74) is 0.411. The highest BCUT2D eigenvalue weighted by atomic mass is 16.5. The number of hydrogen-bond acceptors (Lipinski definition) is 3. The average molecular weight is 272 g/mol. The van der Waals surface area contributed by atoms with Crippen LogP contribution in [-0.2, 0) is 10.3 Å². The van der Waals surface area contributed by atoms with Gasteiger partial charge in [-0.15, -0.1) is 0 Å². The molecular weight excluding hydrogens is 248 g/mol. The summed E-state index contributed by atoms with van der Waals surface area (Å²) in [7, 11) is 0. The van der Waals surface area contributed by atoms with Crippen molar-refractivity contribution in [1.29, 1.82) is 5.26 Å². The Bertz CT molecular complexity index is 436. The van der Waals surface area contributed by atoms with E-state index in [4.69, 9.17) is 4.74 Å². The molecule has 20 heavy (non-hydrogen) atoms. The van der Waals surface area contributed by atoms with Gasteiger partial charge < -0.3 is 4.74 Å². The highest BCUT2D eigenvalue weighted by Crippen LogP contribution is 2.27. The van der Waals surface area contributed by atoms with Crippen molar-refractivity contribution in [2.24, 2.45) is 0 Å². The highest BCUT2D eigenvalue weighted by molar-refractivity contribution is 5.31. The van der Waals surface area contributed by atoms with E-state index in [1.165, 1.54) is 19.3 Å². The fourth-order valence-corrected chi connectivity index (χ4v) is 2.47. The SMILES string of the molecule is CCCNC(C#N)(CCOC1CCC1)c1ccccc1. The Kier molecular flexibility index (Phi) is 5.58. The van der Waals surface area contributed by atoms with Crippen LogP contribution in [0.3, 0.4) is 0 Å². The molecule has 1 aliphatic carbocycles.